The van der Waals surface area contributed by atoms with Crippen molar-refractivity contribution in [1.82, 2.24) is 9.88 Å². The molecule has 0 fully saturated rings. The fraction of sp³-hybridized carbons (Fsp3) is 0.148. The Morgan fingerprint density at radius 3 is 2.30 bits per heavy atom. The summed E-state index contributed by atoms with van der Waals surface area (Å²) < 4.78 is 13.4. The van der Waals surface area contributed by atoms with Crippen molar-refractivity contribution in [2.45, 2.75) is 13.8 Å². The summed E-state index contributed by atoms with van der Waals surface area (Å²) in [7, 11) is 1.60. The molecule has 6 heteroatoms. The number of carbonyl (C=O) groups excluding carboxylic acids is 2. The van der Waals surface area contributed by atoms with Gasteiger partial charge in [-0.2, -0.15) is 0 Å². The largest absolute Gasteiger partial charge is 0.332 e. The second-order valence-electron chi connectivity index (χ2n) is 8.06. The standard InChI is InChI=1S/C27H24FN3O2/c1-17-7-6-8-18(2)26(17)30-25(32)16-31(3)27(33)22-15-24(19-11-13-20(28)14-12-19)29-23-10-5-4-9-21(22)23/h4-15H,16H2,1-3H3,(H,30,32). The zero-order chi connectivity index (χ0) is 23.5. The Morgan fingerprint density at radius 2 is 1.61 bits per heavy atom. The lowest BCUT2D eigenvalue weighted by atomic mass is 10.0. The molecule has 0 saturated carbocycles. The topological polar surface area (TPSA) is 62.3 Å². The number of likely N-dealkylation sites (N-methyl/N-ethyl adjacent to an activating group) is 1. The Bertz CT molecular complexity index is 1330. The van der Waals surface area contributed by atoms with Crippen LogP contribution in [-0.4, -0.2) is 35.3 Å². The highest BCUT2D eigenvalue weighted by Crippen LogP contribution is 2.26. The van der Waals surface area contributed by atoms with Gasteiger partial charge in [0.15, 0.2) is 0 Å². The van der Waals surface area contributed by atoms with Crippen molar-refractivity contribution in [2.24, 2.45) is 0 Å². The van der Waals surface area contributed by atoms with E-state index < -0.39 is 0 Å². The van der Waals surface area contributed by atoms with Crippen LogP contribution >= 0.6 is 0 Å². The van der Waals surface area contributed by atoms with Gasteiger partial charge in [0.1, 0.15) is 5.82 Å². The van der Waals surface area contributed by atoms with Gasteiger partial charge in [-0.1, -0.05) is 36.4 Å². The van der Waals surface area contributed by atoms with Crippen molar-refractivity contribution in [3.05, 3.63) is 95.3 Å². The van der Waals surface area contributed by atoms with Crippen LogP contribution in [0.15, 0.2) is 72.8 Å². The fourth-order valence-electron chi connectivity index (χ4n) is 3.80. The van der Waals surface area contributed by atoms with E-state index in [1.165, 1.54) is 17.0 Å². The number of carbonyl (C=O) groups is 2. The van der Waals surface area contributed by atoms with Gasteiger partial charge >= 0.3 is 0 Å². The van der Waals surface area contributed by atoms with E-state index in [1.807, 2.05) is 56.3 Å². The summed E-state index contributed by atoms with van der Waals surface area (Å²) in [5, 5.41) is 3.60. The Balaban J connectivity index is 1.62. The first-order valence-electron chi connectivity index (χ1n) is 10.6. The number of amides is 2. The molecule has 1 heterocycles. The minimum Gasteiger partial charge on any atom is -0.332 e. The first-order chi connectivity index (χ1) is 15.8. The molecule has 0 atom stereocenters. The fourth-order valence-corrected chi connectivity index (χ4v) is 3.80. The number of anilines is 1. The first-order valence-corrected chi connectivity index (χ1v) is 10.6. The number of pyridine rings is 1. The highest BCUT2D eigenvalue weighted by Gasteiger charge is 2.20. The van der Waals surface area contributed by atoms with Crippen LogP contribution in [0.2, 0.25) is 0 Å². The molecule has 0 bridgehead atoms. The smallest absolute Gasteiger partial charge is 0.254 e. The van der Waals surface area contributed by atoms with Crippen LogP contribution in [0.25, 0.3) is 22.2 Å². The molecule has 1 N–H and O–H groups in total. The lowest BCUT2D eigenvalue weighted by molar-refractivity contribution is -0.116. The molecule has 166 valence electrons. The van der Waals surface area contributed by atoms with Gasteiger partial charge in [-0.25, -0.2) is 9.37 Å². The Labute approximate surface area is 191 Å². The van der Waals surface area contributed by atoms with Crippen LogP contribution in [0.1, 0.15) is 21.5 Å². The summed E-state index contributed by atoms with van der Waals surface area (Å²) >= 11 is 0. The molecule has 0 unspecified atom stereocenters. The highest BCUT2D eigenvalue weighted by atomic mass is 19.1. The number of benzene rings is 3. The maximum Gasteiger partial charge on any atom is 0.254 e. The van der Waals surface area contributed by atoms with Crippen molar-refractivity contribution in [3.8, 4) is 11.3 Å². The third-order valence-electron chi connectivity index (χ3n) is 5.56. The average molecular weight is 442 g/mol. The van der Waals surface area contributed by atoms with E-state index in [9.17, 15) is 14.0 Å². The Hall–Kier alpha value is -4.06. The molecular weight excluding hydrogens is 417 g/mol. The van der Waals surface area contributed by atoms with Crippen LogP contribution in [0, 0.1) is 19.7 Å². The monoisotopic (exact) mass is 441 g/mol. The van der Waals surface area contributed by atoms with Crippen LogP contribution in [0.4, 0.5) is 10.1 Å². The molecule has 33 heavy (non-hydrogen) atoms. The molecule has 0 spiro atoms. The summed E-state index contributed by atoms with van der Waals surface area (Å²) in [5.41, 5.74) is 5.02. The number of aryl methyl sites for hydroxylation is 2. The number of hydrogen-bond donors (Lipinski definition) is 1. The zero-order valence-corrected chi connectivity index (χ0v) is 18.7. The molecule has 0 radical (unpaired) electrons. The van der Waals surface area contributed by atoms with E-state index in [-0.39, 0.29) is 24.2 Å². The quantitative estimate of drug-likeness (QED) is 0.453. The van der Waals surface area contributed by atoms with Gasteiger partial charge in [0.05, 0.1) is 23.3 Å². The van der Waals surface area contributed by atoms with Crippen LogP contribution < -0.4 is 5.32 Å². The van der Waals surface area contributed by atoms with E-state index in [0.29, 0.717) is 27.7 Å². The number of para-hydroxylation sites is 2. The molecule has 4 aromatic rings. The van der Waals surface area contributed by atoms with Gasteiger partial charge in [-0.05, 0) is 61.4 Å². The highest BCUT2D eigenvalue weighted by molar-refractivity contribution is 6.08. The summed E-state index contributed by atoms with van der Waals surface area (Å²) in [4.78, 5) is 32.1. The van der Waals surface area contributed by atoms with Crippen LogP contribution in [-0.2, 0) is 4.79 Å². The second kappa shape index (κ2) is 9.20. The number of aromatic nitrogens is 1. The molecule has 1 aromatic heterocycles. The predicted octanol–water partition coefficient (Wildman–Crippen LogP) is 5.37. The van der Waals surface area contributed by atoms with Gasteiger partial charge in [-0.3, -0.25) is 9.59 Å². The van der Waals surface area contributed by atoms with Crippen molar-refractivity contribution >= 4 is 28.4 Å². The molecule has 3 aromatic carbocycles. The van der Waals surface area contributed by atoms with E-state index >= 15 is 0 Å². The van der Waals surface area contributed by atoms with Crippen molar-refractivity contribution in [1.29, 1.82) is 0 Å². The summed E-state index contributed by atoms with van der Waals surface area (Å²) in [6, 6.07) is 20.8. The van der Waals surface area contributed by atoms with Gasteiger partial charge in [-0.15, -0.1) is 0 Å². The van der Waals surface area contributed by atoms with Gasteiger partial charge in [0.2, 0.25) is 5.91 Å². The number of halogens is 1. The van der Waals surface area contributed by atoms with E-state index in [2.05, 4.69) is 10.3 Å². The Morgan fingerprint density at radius 1 is 0.939 bits per heavy atom. The maximum absolute atomic E-state index is 13.4. The molecule has 0 aliphatic rings. The lowest BCUT2D eigenvalue weighted by Crippen LogP contribution is -2.35. The molecule has 4 rings (SSSR count). The summed E-state index contributed by atoms with van der Waals surface area (Å²) in [6.45, 7) is 3.75. The molecule has 0 aliphatic carbocycles. The van der Waals surface area contributed by atoms with Crippen molar-refractivity contribution < 1.29 is 14.0 Å². The Kier molecular flexibility index (Phi) is 6.18. The van der Waals surface area contributed by atoms with E-state index in [0.717, 1.165) is 16.8 Å². The number of nitrogens with zero attached hydrogens (tertiary/aromatic N) is 2. The third kappa shape index (κ3) is 4.75. The number of nitrogens with one attached hydrogen (secondary N) is 1. The van der Waals surface area contributed by atoms with Crippen molar-refractivity contribution in [2.75, 3.05) is 18.9 Å². The molecular formula is C27H24FN3O2. The summed E-state index contributed by atoms with van der Waals surface area (Å²) in [6.07, 6.45) is 0. The first kappa shape index (κ1) is 22.1. The zero-order valence-electron chi connectivity index (χ0n) is 18.7. The SMILES string of the molecule is Cc1cccc(C)c1NC(=O)CN(C)C(=O)c1cc(-c2ccc(F)cc2)nc2ccccc12. The summed E-state index contributed by atoms with van der Waals surface area (Å²) in [5.74, 6) is -0.917. The van der Waals surface area contributed by atoms with Gasteiger partial charge in [0, 0.05) is 23.7 Å². The second-order valence-corrected chi connectivity index (χ2v) is 8.06. The van der Waals surface area contributed by atoms with E-state index in [1.54, 1.807) is 25.2 Å². The lowest BCUT2D eigenvalue weighted by Gasteiger charge is -2.19. The van der Waals surface area contributed by atoms with E-state index in [4.69, 9.17) is 0 Å². The predicted molar refractivity (Wildman–Crippen MR) is 129 cm³/mol. The molecule has 0 aliphatic heterocycles. The van der Waals surface area contributed by atoms with Gasteiger partial charge in [0.25, 0.3) is 5.91 Å². The minimum atomic E-state index is -0.342. The molecule has 5 nitrogen and oxygen atoms in total. The van der Waals surface area contributed by atoms with Crippen molar-refractivity contribution in [3.63, 3.8) is 0 Å². The molecule has 0 saturated heterocycles. The van der Waals surface area contributed by atoms with Crippen LogP contribution in [0.3, 0.4) is 0 Å². The average Bonchev–Trinajstić information content (AvgIpc) is 2.80. The number of hydrogen-bond acceptors (Lipinski definition) is 3. The minimum absolute atomic E-state index is 0.102. The van der Waals surface area contributed by atoms with Gasteiger partial charge < -0.3 is 10.2 Å². The maximum atomic E-state index is 13.4. The number of rotatable bonds is 5. The molecule has 2 amide bonds. The number of fused-ring (bicyclic) bond motifs is 1. The van der Waals surface area contributed by atoms with Crippen LogP contribution in [0.5, 0.6) is 0 Å². The normalized spacial score (nSPS) is 10.8. The third-order valence-corrected chi connectivity index (χ3v) is 5.56.